The van der Waals surface area contributed by atoms with Crippen molar-refractivity contribution in [3.05, 3.63) is 28.8 Å². The Kier molecular flexibility index (Phi) is 1.49. The molecule has 0 N–H and O–H groups in total. The van der Waals surface area contributed by atoms with Crippen LogP contribution in [0, 0.1) is 0 Å². The lowest BCUT2D eigenvalue weighted by Crippen LogP contribution is -2.05. The standard InChI is InChI=1S/C12H12O2/c1-7-6-10-8-2-4-11(13)9(8)3-5-12(10)14-7/h3,5,7H,2,4,6H2,1H3/t7-/m1/s1. The zero-order valence-corrected chi connectivity index (χ0v) is 8.17. The fraction of sp³-hybridized carbons (Fsp3) is 0.417. The van der Waals surface area contributed by atoms with Gasteiger partial charge in [0.2, 0.25) is 0 Å². The number of hydrogen-bond donors (Lipinski definition) is 0. The van der Waals surface area contributed by atoms with Crippen LogP contribution >= 0.6 is 0 Å². The molecule has 1 heterocycles. The quantitative estimate of drug-likeness (QED) is 0.623. The maximum Gasteiger partial charge on any atom is 0.163 e. The van der Waals surface area contributed by atoms with Gasteiger partial charge in [-0.25, -0.2) is 0 Å². The van der Waals surface area contributed by atoms with Gasteiger partial charge in [0.25, 0.3) is 0 Å². The summed E-state index contributed by atoms with van der Waals surface area (Å²) in [4.78, 5) is 11.5. The highest BCUT2D eigenvalue weighted by atomic mass is 16.5. The molecule has 0 unspecified atom stereocenters. The van der Waals surface area contributed by atoms with E-state index in [2.05, 4.69) is 6.92 Å². The van der Waals surface area contributed by atoms with Crippen LogP contribution in [0.4, 0.5) is 0 Å². The van der Waals surface area contributed by atoms with E-state index in [4.69, 9.17) is 4.74 Å². The van der Waals surface area contributed by atoms with Crippen molar-refractivity contribution in [3.63, 3.8) is 0 Å². The number of carbonyl (C=O) groups excluding carboxylic acids is 1. The van der Waals surface area contributed by atoms with Gasteiger partial charge in [-0.15, -0.1) is 0 Å². The molecule has 0 amide bonds. The number of Topliss-reactive ketones (excluding diaryl/α,β-unsaturated/α-hetero) is 1. The van der Waals surface area contributed by atoms with Gasteiger partial charge in [0.05, 0.1) is 0 Å². The molecule has 0 aromatic heterocycles. The van der Waals surface area contributed by atoms with Crippen molar-refractivity contribution in [3.8, 4) is 5.75 Å². The van der Waals surface area contributed by atoms with Crippen LogP contribution in [-0.4, -0.2) is 11.9 Å². The second-order valence-electron chi connectivity index (χ2n) is 4.12. The highest BCUT2D eigenvalue weighted by Crippen LogP contribution is 2.37. The van der Waals surface area contributed by atoms with Crippen molar-refractivity contribution in [1.82, 2.24) is 0 Å². The van der Waals surface area contributed by atoms with Gasteiger partial charge in [-0.05, 0) is 31.0 Å². The van der Waals surface area contributed by atoms with E-state index in [1.165, 1.54) is 11.1 Å². The van der Waals surface area contributed by atoms with Crippen LogP contribution in [0.1, 0.15) is 34.8 Å². The highest BCUT2D eigenvalue weighted by Gasteiger charge is 2.29. The summed E-state index contributed by atoms with van der Waals surface area (Å²) in [7, 11) is 0. The van der Waals surface area contributed by atoms with Crippen LogP contribution in [0.25, 0.3) is 0 Å². The highest BCUT2D eigenvalue weighted by molar-refractivity contribution is 6.01. The van der Waals surface area contributed by atoms with Gasteiger partial charge in [0.15, 0.2) is 5.78 Å². The van der Waals surface area contributed by atoms with Crippen LogP contribution in [0.3, 0.4) is 0 Å². The van der Waals surface area contributed by atoms with Gasteiger partial charge >= 0.3 is 0 Å². The third-order valence-electron chi connectivity index (χ3n) is 3.11. The first-order chi connectivity index (χ1) is 6.75. The van der Waals surface area contributed by atoms with Crippen LogP contribution in [0.2, 0.25) is 0 Å². The molecule has 1 aromatic rings. The first kappa shape index (κ1) is 8.04. The van der Waals surface area contributed by atoms with Crippen LogP contribution < -0.4 is 4.74 Å². The molecule has 14 heavy (non-hydrogen) atoms. The minimum Gasteiger partial charge on any atom is -0.490 e. The van der Waals surface area contributed by atoms with Crippen molar-refractivity contribution in [1.29, 1.82) is 0 Å². The molecule has 1 atom stereocenters. The SMILES string of the molecule is C[C@@H]1Cc2c(ccc3c2CCC3=O)O1. The average molecular weight is 188 g/mol. The van der Waals surface area contributed by atoms with Crippen molar-refractivity contribution in [2.24, 2.45) is 0 Å². The minimum absolute atomic E-state index is 0.271. The normalized spacial score (nSPS) is 23.2. The molecule has 0 radical (unpaired) electrons. The number of benzene rings is 1. The molecule has 0 saturated carbocycles. The molecule has 0 saturated heterocycles. The lowest BCUT2D eigenvalue weighted by atomic mass is 10.00. The Morgan fingerprint density at radius 1 is 1.29 bits per heavy atom. The lowest BCUT2D eigenvalue weighted by Gasteiger charge is -2.03. The number of ketones is 1. The Labute approximate surface area is 82.9 Å². The second kappa shape index (κ2) is 2.59. The molecular formula is C12H12O2. The third-order valence-corrected chi connectivity index (χ3v) is 3.11. The maximum absolute atomic E-state index is 11.5. The number of rotatable bonds is 0. The largest absolute Gasteiger partial charge is 0.490 e. The van der Waals surface area contributed by atoms with Gasteiger partial charge in [-0.1, -0.05) is 0 Å². The second-order valence-corrected chi connectivity index (χ2v) is 4.12. The Balaban J connectivity index is 2.19. The van der Waals surface area contributed by atoms with Gasteiger partial charge in [0, 0.05) is 24.0 Å². The molecular weight excluding hydrogens is 176 g/mol. The summed E-state index contributed by atoms with van der Waals surface area (Å²) in [6.45, 7) is 2.07. The van der Waals surface area contributed by atoms with E-state index in [9.17, 15) is 4.79 Å². The van der Waals surface area contributed by atoms with E-state index in [1.807, 2.05) is 12.1 Å². The number of hydrogen-bond acceptors (Lipinski definition) is 2. The Morgan fingerprint density at radius 3 is 3.00 bits per heavy atom. The monoisotopic (exact) mass is 188 g/mol. The molecule has 0 bridgehead atoms. The Bertz CT molecular complexity index is 421. The van der Waals surface area contributed by atoms with E-state index >= 15 is 0 Å². The zero-order valence-electron chi connectivity index (χ0n) is 8.17. The molecule has 2 aliphatic rings. The molecule has 2 heteroatoms. The maximum atomic E-state index is 11.5. The third kappa shape index (κ3) is 0.939. The first-order valence-electron chi connectivity index (χ1n) is 5.10. The molecule has 72 valence electrons. The summed E-state index contributed by atoms with van der Waals surface area (Å²) in [6.07, 6.45) is 2.83. The van der Waals surface area contributed by atoms with Crippen LogP contribution in [0.5, 0.6) is 5.75 Å². The van der Waals surface area contributed by atoms with Crippen LogP contribution in [-0.2, 0) is 12.8 Å². The van der Waals surface area contributed by atoms with Crippen molar-refractivity contribution in [2.45, 2.75) is 32.3 Å². The van der Waals surface area contributed by atoms with Gasteiger partial charge in [0.1, 0.15) is 11.9 Å². The summed E-state index contributed by atoms with van der Waals surface area (Å²) in [5.74, 6) is 1.29. The number of ether oxygens (including phenoxy) is 1. The van der Waals surface area contributed by atoms with Gasteiger partial charge in [-0.3, -0.25) is 4.79 Å². The molecule has 2 nitrogen and oxygen atoms in total. The summed E-state index contributed by atoms with van der Waals surface area (Å²) < 4.78 is 5.66. The Morgan fingerprint density at radius 2 is 2.14 bits per heavy atom. The van der Waals surface area contributed by atoms with E-state index < -0.39 is 0 Å². The predicted molar refractivity (Wildman–Crippen MR) is 52.9 cm³/mol. The summed E-state index contributed by atoms with van der Waals surface area (Å²) in [5, 5.41) is 0. The van der Waals surface area contributed by atoms with E-state index in [1.54, 1.807) is 0 Å². The van der Waals surface area contributed by atoms with E-state index in [0.717, 1.165) is 24.2 Å². The molecule has 1 aromatic carbocycles. The zero-order chi connectivity index (χ0) is 9.71. The van der Waals surface area contributed by atoms with E-state index in [0.29, 0.717) is 12.2 Å². The minimum atomic E-state index is 0.271. The molecule has 1 aliphatic carbocycles. The van der Waals surface area contributed by atoms with Crippen molar-refractivity contribution < 1.29 is 9.53 Å². The van der Waals surface area contributed by atoms with Gasteiger partial charge in [-0.2, -0.15) is 0 Å². The Hall–Kier alpha value is -1.31. The van der Waals surface area contributed by atoms with Crippen molar-refractivity contribution >= 4 is 5.78 Å². The smallest absolute Gasteiger partial charge is 0.163 e. The topological polar surface area (TPSA) is 26.3 Å². The average Bonchev–Trinajstić information content (AvgIpc) is 2.68. The van der Waals surface area contributed by atoms with E-state index in [-0.39, 0.29) is 6.10 Å². The summed E-state index contributed by atoms with van der Waals surface area (Å²) >= 11 is 0. The van der Waals surface area contributed by atoms with Crippen LogP contribution in [0.15, 0.2) is 12.1 Å². The molecule has 0 fully saturated rings. The summed E-state index contributed by atoms with van der Waals surface area (Å²) in [6, 6.07) is 3.86. The number of carbonyl (C=O) groups is 1. The molecule has 3 rings (SSSR count). The molecule has 0 spiro atoms. The van der Waals surface area contributed by atoms with Gasteiger partial charge < -0.3 is 4.74 Å². The fourth-order valence-corrected chi connectivity index (χ4v) is 2.47. The first-order valence-corrected chi connectivity index (χ1v) is 5.10. The number of fused-ring (bicyclic) bond motifs is 3. The lowest BCUT2D eigenvalue weighted by molar-refractivity contribution is 0.0994. The van der Waals surface area contributed by atoms with Crippen molar-refractivity contribution in [2.75, 3.05) is 0 Å². The summed E-state index contributed by atoms with van der Waals surface area (Å²) in [5.41, 5.74) is 3.46. The fourth-order valence-electron chi connectivity index (χ4n) is 2.47. The molecule has 1 aliphatic heterocycles. The predicted octanol–water partition coefficient (Wildman–Crippen LogP) is 2.14.